The second kappa shape index (κ2) is 6.40. The average Bonchev–Trinajstić information content (AvgIpc) is 2.81. The molecule has 0 radical (unpaired) electrons. The lowest BCUT2D eigenvalue weighted by Gasteiger charge is -2.51. The Morgan fingerprint density at radius 2 is 1.71 bits per heavy atom. The molecule has 3 rings (SSSR count). The Kier molecular flexibility index (Phi) is 4.60. The third-order valence-electron chi connectivity index (χ3n) is 6.28. The minimum Gasteiger partial charge on any atom is -0.325 e. The number of amides is 2. The number of carbonyl (C=O) groups excluding carboxylic acids is 1. The first kappa shape index (κ1) is 17.3. The predicted molar refractivity (Wildman–Crippen MR) is 98.0 cm³/mol. The molecule has 1 aromatic carbocycles. The summed E-state index contributed by atoms with van der Waals surface area (Å²) in [5.41, 5.74) is 1.54. The largest absolute Gasteiger partial charge is 0.325 e. The molecule has 2 amide bonds. The lowest BCUT2D eigenvalue weighted by atomic mass is 9.68. The Morgan fingerprint density at radius 1 is 1.08 bits per heavy atom. The molecule has 4 nitrogen and oxygen atoms in total. The van der Waals surface area contributed by atoms with Gasteiger partial charge in [0.1, 0.15) is 0 Å². The molecule has 1 aliphatic heterocycles. The fourth-order valence-electron chi connectivity index (χ4n) is 4.86. The Labute approximate surface area is 146 Å². The van der Waals surface area contributed by atoms with Crippen LogP contribution in [-0.4, -0.2) is 60.5 Å². The fourth-order valence-corrected chi connectivity index (χ4v) is 4.86. The first-order valence-corrected chi connectivity index (χ1v) is 9.21. The quantitative estimate of drug-likeness (QED) is 0.845. The molecule has 0 bridgehead atoms. The lowest BCUT2D eigenvalue weighted by Crippen LogP contribution is -2.55. The summed E-state index contributed by atoms with van der Waals surface area (Å²) in [6.45, 7) is 3.92. The van der Waals surface area contributed by atoms with Crippen LogP contribution in [0.3, 0.4) is 0 Å². The van der Waals surface area contributed by atoms with Gasteiger partial charge in [0.05, 0.1) is 5.54 Å². The van der Waals surface area contributed by atoms with Crippen molar-refractivity contribution in [1.82, 2.24) is 14.7 Å². The number of rotatable bonds is 4. The lowest BCUT2D eigenvalue weighted by molar-refractivity contribution is 0.0250. The van der Waals surface area contributed by atoms with E-state index in [0.717, 1.165) is 45.2 Å². The number of likely N-dealkylation sites (N-methyl/N-ethyl adjacent to an activating group) is 1. The predicted octanol–water partition coefficient (Wildman–Crippen LogP) is 3.53. The summed E-state index contributed by atoms with van der Waals surface area (Å²) in [7, 11) is 6.34. The molecule has 24 heavy (non-hydrogen) atoms. The minimum atomic E-state index is 0.0378. The highest BCUT2D eigenvalue weighted by Crippen LogP contribution is 2.48. The molecule has 132 valence electrons. The van der Waals surface area contributed by atoms with Crippen LogP contribution >= 0.6 is 0 Å². The van der Waals surface area contributed by atoms with Crippen LogP contribution in [0, 0.1) is 0 Å². The molecule has 0 aromatic heterocycles. The zero-order chi connectivity index (χ0) is 17.4. The van der Waals surface area contributed by atoms with Gasteiger partial charge in [-0.2, -0.15) is 0 Å². The second-order valence-corrected chi connectivity index (χ2v) is 7.81. The van der Waals surface area contributed by atoms with E-state index < -0.39 is 0 Å². The van der Waals surface area contributed by atoms with E-state index in [0.29, 0.717) is 0 Å². The van der Waals surface area contributed by atoms with Crippen LogP contribution in [0.1, 0.15) is 44.6 Å². The highest BCUT2D eigenvalue weighted by Gasteiger charge is 2.53. The molecular formula is C20H31N3O. The minimum absolute atomic E-state index is 0.0378. The summed E-state index contributed by atoms with van der Waals surface area (Å²) in [4.78, 5) is 19.0. The van der Waals surface area contributed by atoms with E-state index in [9.17, 15) is 4.79 Å². The topological polar surface area (TPSA) is 26.8 Å². The van der Waals surface area contributed by atoms with Gasteiger partial charge in [-0.25, -0.2) is 4.79 Å². The standard InChI is InChI=1S/C20H31N3O/c1-5-15-23-18(24)22(4)16-19(23)11-13-20(14-12-19,21(2)3)17-9-7-6-8-10-17/h6-10H,5,11-16H2,1-4H3/t19-,20+. The summed E-state index contributed by atoms with van der Waals surface area (Å²) < 4.78 is 0. The van der Waals surface area contributed by atoms with Crippen molar-refractivity contribution in [2.45, 2.75) is 50.1 Å². The summed E-state index contributed by atoms with van der Waals surface area (Å²) in [5.74, 6) is 0. The Morgan fingerprint density at radius 3 is 2.25 bits per heavy atom. The van der Waals surface area contributed by atoms with Crippen molar-refractivity contribution >= 4 is 6.03 Å². The van der Waals surface area contributed by atoms with Crippen molar-refractivity contribution in [3.05, 3.63) is 35.9 Å². The maximum Gasteiger partial charge on any atom is 0.320 e. The molecule has 4 heteroatoms. The van der Waals surface area contributed by atoms with Crippen molar-refractivity contribution in [3.8, 4) is 0 Å². The van der Waals surface area contributed by atoms with Gasteiger partial charge in [0.25, 0.3) is 0 Å². The normalized spacial score (nSPS) is 30.6. The monoisotopic (exact) mass is 329 g/mol. The van der Waals surface area contributed by atoms with E-state index in [1.54, 1.807) is 0 Å². The van der Waals surface area contributed by atoms with Crippen LogP contribution < -0.4 is 0 Å². The highest BCUT2D eigenvalue weighted by molar-refractivity contribution is 5.78. The van der Waals surface area contributed by atoms with Gasteiger partial charge in [-0.05, 0) is 51.8 Å². The van der Waals surface area contributed by atoms with Crippen LogP contribution in [0.4, 0.5) is 4.79 Å². The highest BCUT2D eigenvalue weighted by atomic mass is 16.2. The van der Waals surface area contributed by atoms with Crippen LogP contribution in [0.5, 0.6) is 0 Å². The maximum absolute atomic E-state index is 12.6. The van der Waals surface area contributed by atoms with Crippen molar-refractivity contribution in [3.63, 3.8) is 0 Å². The number of hydrogen-bond donors (Lipinski definition) is 0. The van der Waals surface area contributed by atoms with Crippen LogP contribution in [0.25, 0.3) is 0 Å². The number of benzene rings is 1. The summed E-state index contributed by atoms with van der Waals surface area (Å²) in [6.07, 6.45) is 5.39. The molecule has 0 atom stereocenters. The van der Waals surface area contributed by atoms with E-state index >= 15 is 0 Å². The molecule has 0 unspecified atom stereocenters. The Bertz CT molecular complexity index is 576. The third-order valence-corrected chi connectivity index (χ3v) is 6.28. The number of carbonyl (C=O) groups is 1. The number of hydrogen-bond acceptors (Lipinski definition) is 2. The van der Waals surface area contributed by atoms with E-state index in [1.165, 1.54) is 5.56 Å². The van der Waals surface area contributed by atoms with E-state index in [-0.39, 0.29) is 17.1 Å². The number of nitrogens with zero attached hydrogens (tertiary/aromatic N) is 3. The van der Waals surface area contributed by atoms with Crippen molar-refractivity contribution < 1.29 is 4.79 Å². The van der Waals surface area contributed by atoms with E-state index in [4.69, 9.17) is 0 Å². The van der Waals surface area contributed by atoms with Gasteiger partial charge in [0, 0.05) is 25.7 Å². The first-order chi connectivity index (χ1) is 11.4. The van der Waals surface area contributed by atoms with Gasteiger partial charge in [0.15, 0.2) is 0 Å². The van der Waals surface area contributed by atoms with Crippen molar-refractivity contribution in [2.24, 2.45) is 0 Å². The molecule has 1 saturated heterocycles. The van der Waals surface area contributed by atoms with Crippen LogP contribution in [0.15, 0.2) is 30.3 Å². The van der Waals surface area contributed by atoms with Crippen LogP contribution in [0.2, 0.25) is 0 Å². The van der Waals surface area contributed by atoms with Gasteiger partial charge in [-0.15, -0.1) is 0 Å². The molecule has 1 spiro atoms. The summed E-state index contributed by atoms with van der Waals surface area (Å²) in [5, 5.41) is 0. The van der Waals surface area contributed by atoms with Crippen LogP contribution in [-0.2, 0) is 5.54 Å². The van der Waals surface area contributed by atoms with Gasteiger partial charge in [-0.3, -0.25) is 4.90 Å². The molecule has 1 heterocycles. The molecule has 1 aliphatic carbocycles. The van der Waals surface area contributed by atoms with Gasteiger partial charge in [-0.1, -0.05) is 37.3 Å². The molecule has 1 aromatic rings. The maximum atomic E-state index is 12.6. The smallest absolute Gasteiger partial charge is 0.320 e. The number of urea groups is 1. The van der Waals surface area contributed by atoms with Gasteiger partial charge >= 0.3 is 6.03 Å². The average molecular weight is 329 g/mol. The summed E-state index contributed by atoms with van der Waals surface area (Å²) >= 11 is 0. The summed E-state index contributed by atoms with van der Waals surface area (Å²) in [6, 6.07) is 11.1. The Balaban J connectivity index is 1.87. The van der Waals surface area contributed by atoms with Crippen molar-refractivity contribution in [2.75, 3.05) is 34.2 Å². The molecule has 0 N–H and O–H groups in total. The van der Waals surface area contributed by atoms with Crippen molar-refractivity contribution in [1.29, 1.82) is 0 Å². The molecule has 2 aliphatic rings. The van der Waals surface area contributed by atoms with E-state index in [2.05, 4.69) is 61.2 Å². The third kappa shape index (κ3) is 2.61. The van der Waals surface area contributed by atoms with Gasteiger partial charge < -0.3 is 9.80 Å². The fraction of sp³-hybridized carbons (Fsp3) is 0.650. The molecule has 2 fully saturated rings. The Hall–Kier alpha value is -1.55. The van der Waals surface area contributed by atoms with E-state index in [1.807, 2.05) is 11.9 Å². The van der Waals surface area contributed by atoms with Gasteiger partial charge in [0.2, 0.25) is 0 Å². The zero-order valence-electron chi connectivity index (χ0n) is 15.6. The molecular weight excluding hydrogens is 298 g/mol. The SMILES string of the molecule is CCCN1C(=O)N(C)C[C@]12CC[C@](c1ccccc1)(N(C)C)CC2. The second-order valence-electron chi connectivity index (χ2n) is 7.81. The molecule has 1 saturated carbocycles. The zero-order valence-corrected chi connectivity index (χ0v) is 15.6. The first-order valence-electron chi connectivity index (χ1n) is 9.21.